The lowest BCUT2D eigenvalue weighted by atomic mass is 10.00. The van der Waals surface area contributed by atoms with Crippen LogP contribution in [-0.2, 0) is 7.05 Å². The predicted octanol–water partition coefficient (Wildman–Crippen LogP) is 2.14. The average molecular weight is 288 g/mol. The third-order valence-electron chi connectivity index (χ3n) is 3.76. The summed E-state index contributed by atoms with van der Waals surface area (Å²) in [6, 6.07) is 4.89. The summed E-state index contributed by atoms with van der Waals surface area (Å²) in [5.41, 5.74) is 1.82. The van der Waals surface area contributed by atoms with Crippen molar-refractivity contribution < 1.29 is 9.18 Å². The van der Waals surface area contributed by atoms with Gasteiger partial charge >= 0.3 is 0 Å². The van der Waals surface area contributed by atoms with Gasteiger partial charge in [-0.15, -0.1) is 5.10 Å². The monoisotopic (exact) mass is 288 g/mol. The maximum atomic E-state index is 13.4. The van der Waals surface area contributed by atoms with E-state index in [4.69, 9.17) is 0 Å². The average Bonchev–Trinajstić information content (AvgIpc) is 3.20. The molecule has 1 aliphatic carbocycles. The third-order valence-corrected chi connectivity index (χ3v) is 3.76. The second kappa shape index (κ2) is 5.27. The van der Waals surface area contributed by atoms with Gasteiger partial charge in [0.05, 0.1) is 12.2 Å². The molecule has 6 heteroatoms. The maximum Gasteiger partial charge on any atom is 0.273 e. The largest absolute Gasteiger partial charge is 0.344 e. The summed E-state index contributed by atoms with van der Waals surface area (Å²) >= 11 is 0. The summed E-state index contributed by atoms with van der Waals surface area (Å²) in [6.07, 6.45) is 3.72. The van der Waals surface area contributed by atoms with E-state index in [1.807, 2.05) is 0 Å². The van der Waals surface area contributed by atoms with Crippen molar-refractivity contribution in [3.8, 4) is 0 Å². The SMILES string of the molecule is Cc1cc(C(NC(=O)c2cn(C)nn2)C2CC2)ccc1F. The van der Waals surface area contributed by atoms with E-state index in [0.29, 0.717) is 17.2 Å². The minimum absolute atomic E-state index is 0.0983. The molecule has 1 aromatic heterocycles. The van der Waals surface area contributed by atoms with Crippen molar-refractivity contribution in [3.05, 3.63) is 47.0 Å². The zero-order valence-corrected chi connectivity index (χ0v) is 12.0. The van der Waals surface area contributed by atoms with E-state index < -0.39 is 0 Å². The Balaban J connectivity index is 1.81. The molecule has 1 N–H and O–H groups in total. The van der Waals surface area contributed by atoms with Crippen LogP contribution in [0.25, 0.3) is 0 Å². The van der Waals surface area contributed by atoms with Crippen molar-refractivity contribution in [2.45, 2.75) is 25.8 Å². The van der Waals surface area contributed by atoms with E-state index in [-0.39, 0.29) is 17.8 Å². The second-order valence-corrected chi connectivity index (χ2v) is 5.57. The highest BCUT2D eigenvalue weighted by molar-refractivity contribution is 5.92. The normalized spacial score (nSPS) is 15.8. The van der Waals surface area contributed by atoms with Crippen LogP contribution in [0, 0.1) is 18.7 Å². The molecule has 0 bridgehead atoms. The number of rotatable bonds is 4. The highest BCUT2D eigenvalue weighted by Gasteiger charge is 2.34. The van der Waals surface area contributed by atoms with Crippen molar-refractivity contribution in [2.75, 3.05) is 0 Å². The van der Waals surface area contributed by atoms with E-state index in [0.717, 1.165) is 18.4 Å². The summed E-state index contributed by atoms with van der Waals surface area (Å²) in [5, 5.41) is 10.6. The molecule has 110 valence electrons. The Morgan fingerprint density at radius 1 is 1.48 bits per heavy atom. The smallest absolute Gasteiger partial charge is 0.273 e. The van der Waals surface area contributed by atoms with Crippen LogP contribution in [0.1, 0.15) is 40.5 Å². The zero-order chi connectivity index (χ0) is 15.0. The highest BCUT2D eigenvalue weighted by Crippen LogP contribution is 2.41. The number of aryl methyl sites for hydroxylation is 2. The minimum Gasteiger partial charge on any atom is -0.344 e. The lowest BCUT2D eigenvalue weighted by Gasteiger charge is -2.18. The Morgan fingerprint density at radius 2 is 2.24 bits per heavy atom. The Labute approximate surface area is 122 Å². The van der Waals surface area contributed by atoms with Crippen molar-refractivity contribution in [3.63, 3.8) is 0 Å². The van der Waals surface area contributed by atoms with Gasteiger partial charge in [0, 0.05) is 7.05 Å². The van der Waals surface area contributed by atoms with Gasteiger partial charge in [0.25, 0.3) is 5.91 Å². The summed E-state index contributed by atoms with van der Waals surface area (Å²) in [6.45, 7) is 1.73. The minimum atomic E-state index is -0.248. The van der Waals surface area contributed by atoms with Gasteiger partial charge < -0.3 is 5.32 Å². The van der Waals surface area contributed by atoms with Crippen LogP contribution in [0.15, 0.2) is 24.4 Å². The number of halogens is 1. The fourth-order valence-electron chi connectivity index (χ4n) is 2.43. The van der Waals surface area contributed by atoms with E-state index >= 15 is 0 Å². The van der Waals surface area contributed by atoms with Gasteiger partial charge in [0.15, 0.2) is 5.69 Å². The van der Waals surface area contributed by atoms with Crippen LogP contribution in [-0.4, -0.2) is 20.9 Å². The number of hydrogen-bond acceptors (Lipinski definition) is 3. The van der Waals surface area contributed by atoms with Crippen LogP contribution >= 0.6 is 0 Å². The molecule has 1 heterocycles. The molecule has 0 saturated heterocycles. The number of nitrogens with one attached hydrogen (secondary N) is 1. The van der Waals surface area contributed by atoms with Crippen molar-refractivity contribution in [2.24, 2.45) is 13.0 Å². The standard InChI is InChI=1S/C15H17FN4O/c1-9-7-11(5-6-12(9)16)14(10-3-4-10)17-15(21)13-8-20(2)19-18-13/h5-8,10,14H,3-4H2,1-2H3,(H,17,21). The topological polar surface area (TPSA) is 59.8 Å². The van der Waals surface area contributed by atoms with Gasteiger partial charge in [0.1, 0.15) is 5.82 Å². The number of aromatic nitrogens is 3. The van der Waals surface area contributed by atoms with E-state index in [1.54, 1.807) is 32.3 Å². The number of amides is 1. The number of nitrogens with zero attached hydrogens (tertiary/aromatic N) is 3. The van der Waals surface area contributed by atoms with Crippen molar-refractivity contribution >= 4 is 5.91 Å². The van der Waals surface area contributed by atoms with Gasteiger partial charge in [0.2, 0.25) is 0 Å². The zero-order valence-electron chi connectivity index (χ0n) is 12.0. The first-order chi connectivity index (χ1) is 10.0. The van der Waals surface area contributed by atoms with Gasteiger partial charge in [-0.25, -0.2) is 4.39 Å². The van der Waals surface area contributed by atoms with Gasteiger partial charge in [-0.05, 0) is 42.9 Å². The van der Waals surface area contributed by atoms with Gasteiger partial charge in [-0.3, -0.25) is 9.48 Å². The predicted molar refractivity (Wildman–Crippen MR) is 75.1 cm³/mol. The lowest BCUT2D eigenvalue weighted by molar-refractivity contribution is 0.0926. The molecule has 5 nitrogen and oxygen atoms in total. The second-order valence-electron chi connectivity index (χ2n) is 5.57. The number of carbonyl (C=O) groups is 1. The van der Waals surface area contributed by atoms with Crippen LogP contribution in [0.5, 0.6) is 0 Å². The molecule has 1 atom stereocenters. The maximum absolute atomic E-state index is 13.4. The molecule has 0 radical (unpaired) electrons. The van der Waals surface area contributed by atoms with E-state index in [9.17, 15) is 9.18 Å². The van der Waals surface area contributed by atoms with Crippen molar-refractivity contribution in [1.82, 2.24) is 20.3 Å². The third kappa shape index (κ3) is 2.94. The van der Waals surface area contributed by atoms with E-state index in [1.165, 1.54) is 10.7 Å². The molecule has 1 fully saturated rings. The molecule has 2 aromatic rings. The molecule has 1 aromatic carbocycles. The molecule has 3 rings (SSSR count). The van der Waals surface area contributed by atoms with Crippen LogP contribution in [0.3, 0.4) is 0 Å². The quantitative estimate of drug-likeness (QED) is 0.937. The Kier molecular flexibility index (Phi) is 3.45. The van der Waals surface area contributed by atoms with Crippen molar-refractivity contribution in [1.29, 1.82) is 0 Å². The molecule has 1 aliphatic rings. The van der Waals surface area contributed by atoms with Crippen LogP contribution < -0.4 is 5.32 Å². The van der Waals surface area contributed by atoms with Gasteiger partial charge in [-0.1, -0.05) is 17.3 Å². The molecule has 1 unspecified atom stereocenters. The first-order valence-electron chi connectivity index (χ1n) is 6.98. The lowest BCUT2D eigenvalue weighted by Crippen LogP contribution is -2.30. The number of hydrogen-bond donors (Lipinski definition) is 1. The molecule has 0 aliphatic heterocycles. The highest BCUT2D eigenvalue weighted by atomic mass is 19.1. The fraction of sp³-hybridized carbons (Fsp3) is 0.400. The Morgan fingerprint density at radius 3 is 2.81 bits per heavy atom. The molecule has 0 spiro atoms. The number of carbonyl (C=O) groups excluding carboxylic acids is 1. The first kappa shape index (κ1) is 13.7. The molecular weight excluding hydrogens is 271 g/mol. The summed E-state index contributed by atoms with van der Waals surface area (Å²) in [4.78, 5) is 12.2. The summed E-state index contributed by atoms with van der Waals surface area (Å²) < 4.78 is 14.9. The summed E-state index contributed by atoms with van der Waals surface area (Å²) in [7, 11) is 1.71. The molecule has 21 heavy (non-hydrogen) atoms. The Bertz CT molecular complexity index is 678. The van der Waals surface area contributed by atoms with Crippen LogP contribution in [0.4, 0.5) is 4.39 Å². The molecule has 1 amide bonds. The first-order valence-corrected chi connectivity index (χ1v) is 6.98. The number of benzene rings is 1. The van der Waals surface area contributed by atoms with Gasteiger partial charge in [-0.2, -0.15) is 0 Å². The fourth-order valence-corrected chi connectivity index (χ4v) is 2.43. The molecular formula is C15H17FN4O. The molecule has 1 saturated carbocycles. The van der Waals surface area contributed by atoms with E-state index in [2.05, 4.69) is 15.6 Å². The summed E-state index contributed by atoms with van der Waals surface area (Å²) in [5.74, 6) is -0.0639. The Hall–Kier alpha value is -2.24. The van der Waals surface area contributed by atoms with Crippen LogP contribution in [0.2, 0.25) is 0 Å².